The lowest BCUT2D eigenvalue weighted by molar-refractivity contribution is -0.384. The number of nitrogens with zero attached hydrogens (tertiary/aromatic N) is 3. The van der Waals surface area contributed by atoms with Crippen LogP contribution in [0.15, 0.2) is 30.5 Å². The van der Waals surface area contributed by atoms with Crippen LogP contribution in [0.25, 0.3) is 5.69 Å². The molecule has 0 spiro atoms. The molecule has 0 fully saturated rings. The number of hydrogen-bond acceptors (Lipinski definition) is 4. The Hall–Kier alpha value is -2.50. The Morgan fingerprint density at radius 2 is 2.11 bits per heavy atom. The normalized spacial score (nSPS) is 10.7. The van der Waals surface area contributed by atoms with Crippen molar-refractivity contribution in [2.24, 2.45) is 0 Å². The molecule has 0 saturated heterocycles. The zero-order chi connectivity index (χ0) is 14.0. The summed E-state index contributed by atoms with van der Waals surface area (Å²) in [4.78, 5) is 21.2. The van der Waals surface area contributed by atoms with E-state index in [4.69, 9.17) is 0 Å². The lowest BCUT2D eigenvalue weighted by Crippen LogP contribution is -2.02. The number of nitro benzene ring substituents is 1. The summed E-state index contributed by atoms with van der Waals surface area (Å²) in [5.74, 6) is 0.277. The molecule has 1 aromatic heterocycles. The maximum absolute atomic E-state index is 11.1. The smallest absolute Gasteiger partial charge is 0.270 e. The maximum atomic E-state index is 11.1. The molecule has 0 radical (unpaired) electrons. The monoisotopic (exact) mass is 259 g/mol. The predicted octanol–water partition coefficient (Wildman–Crippen LogP) is 2.72. The fourth-order valence-electron chi connectivity index (χ4n) is 1.74. The van der Waals surface area contributed by atoms with E-state index in [1.807, 2.05) is 19.9 Å². The summed E-state index contributed by atoms with van der Waals surface area (Å²) in [6.07, 6.45) is 2.34. The number of aldehydes is 1. The third-order valence-corrected chi connectivity index (χ3v) is 2.80. The number of benzene rings is 1. The van der Waals surface area contributed by atoms with Crippen LogP contribution in [-0.2, 0) is 0 Å². The van der Waals surface area contributed by atoms with E-state index in [2.05, 4.69) is 5.10 Å². The van der Waals surface area contributed by atoms with Crippen molar-refractivity contribution in [1.29, 1.82) is 0 Å². The zero-order valence-corrected chi connectivity index (χ0v) is 10.6. The summed E-state index contributed by atoms with van der Waals surface area (Å²) in [5.41, 5.74) is 1.57. The largest absolute Gasteiger partial charge is 0.298 e. The quantitative estimate of drug-likeness (QED) is 0.480. The van der Waals surface area contributed by atoms with Crippen LogP contribution in [0.4, 0.5) is 5.69 Å². The van der Waals surface area contributed by atoms with Crippen molar-refractivity contribution in [2.75, 3.05) is 0 Å². The molecule has 6 nitrogen and oxygen atoms in total. The average molecular weight is 259 g/mol. The first-order valence-electron chi connectivity index (χ1n) is 5.82. The number of rotatable bonds is 4. The minimum atomic E-state index is -0.528. The third kappa shape index (κ3) is 2.52. The molecule has 2 aromatic rings. The Kier molecular flexibility index (Phi) is 3.41. The summed E-state index contributed by atoms with van der Waals surface area (Å²) in [7, 11) is 0. The summed E-state index contributed by atoms with van der Waals surface area (Å²) in [6, 6.07) is 6.00. The Bertz CT molecular complexity index is 632. The van der Waals surface area contributed by atoms with Gasteiger partial charge in [0.15, 0.2) is 6.29 Å². The number of hydrogen-bond donors (Lipinski definition) is 0. The molecule has 0 atom stereocenters. The van der Waals surface area contributed by atoms with E-state index in [0.29, 0.717) is 12.0 Å². The Balaban J connectivity index is 2.49. The van der Waals surface area contributed by atoms with Crippen LogP contribution >= 0.6 is 0 Å². The van der Waals surface area contributed by atoms with Crippen molar-refractivity contribution in [3.63, 3.8) is 0 Å². The van der Waals surface area contributed by atoms with Gasteiger partial charge in [-0.3, -0.25) is 14.9 Å². The molecule has 0 saturated carbocycles. The van der Waals surface area contributed by atoms with Gasteiger partial charge in [0.05, 0.1) is 16.3 Å². The first-order valence-corrected chi connectivity index (χ1v) is 5.82. The van der Waals surface area contributed by atoms with Gasteiger partial charge in [0.1, 0.15) is 0 Å². The molecule has 0 unspecified atom stereocenters. The highest BCUT2D eigenvalue weighted by Crippen LogP contribution is 2.21. The van der Waals surface area contributed by atoms with E-state index in [9.17, 15) is 14.9 Å². The van der Waals surface area contributed by atoms with E-state index in [0.717, 1.165) is 5.69 Å². The van der Waals surface area contributed by atoms with Gasteiger partial charge in [0, 0.05) is 23.9 Å². The molecule has 0 bridgehead atoms. The average Bonchev–Trinajstić information content (AvgIpc) is 2.87. The van der Waals surface area contributed by atoms with Crippen molar-refractivity contribution in [3.05, 3.63) is 51.8 Å². The molecular formula is C13H13N3O3. The van der Waals surface area contributed by atoms with Gasteiger partial charge in [0.2, 0.25) is 0 Å². The lowest BCUT2D eigenvalue weighted by atomic mass is 10.1. The summed E-state index contributed by atoms with van der Waals surface area (Å²) in [5, 5.41) is 15.0. The highest BCUT2D eigenvalue weighted by atomic mass is 16.6. The first kappa shape index (κ1) is 12.9. The van der Waals surface area contributed by atoms with Crippen molar-refractivity contribution in [1.82, 2.24) is 9.78 Å². The minimum Gasteiger partial charge on any atom is -0.298 e. The van der Waals surface area contributed by atoms with Crippen LogP contribution in [0, 0.1) is 10.1 Å². The molecular weight excluding hydrogens is 246 g/mol. The van der Waals surface area contributed by atoms with Crippen LogP contribution in [0.2, 0.25) is 0 Å². The SMILES string of the molecule is CC(C)c1ccn(-c2ccc([N+](=O)[O-])cc2C=O)n1. The fraction of sp³-hybridized carbons (Fsp3) is 0.231. The van der Waals surface area contributed by atoms with Crippen LogP contribution in [0.5, 0.6) is 0 Å². The molecule has 0 N–H and O–H groups in total. The van der Waals surface area contributed by atoms with E-state index < -0.39 is 4.92 Å². The van der Waals surface area contributed by atoms with E-state index >= 15 is 0 Å². The summed E-state index contributed by atoms with van der Waals surface area (Å²) < 4.78 is 1.56. The molecule has 0 amide bonds. The zero-order valence-electron chi connectivity index (χ0n) is 10.6. The molecule has 1 heterocycles. The standard InChI is InChI=1S/C13H13N3O3/c1-9(2)12-5-6-15(14-12)13-4-3-11(16(18)19)7-10(13)8-17/h3-9H,1-2H3. The van der Waals surface area contributed by atoms with Crippen molar-refractivity contribution >= 4 is 12.0 Å². The van der Waals surface area contributed by atoms with Gasteiger partial charge in [-0.2, -0.15) is 5.10 Å². The second-order valence-corrected chi connectivity index (χ2v) is 4.46. The van der Waals surface area contributed by atoms with E-state index in [-0.39, 0.29) is 17.2 Å². The molecule has 6 heteroatoms. The van der Waals surface area contributed by atoms with E-state index in [1.165, 1.54) is 18.2 Å². The van der Waals surface area contributed by atoms with Gasteiger partial charge in [0.25, 0.3) is 5.69 Å². The lowest BCUT2D eigenvalue weighted by Gasteiger charge is -2.05. The van der Waals surface area contributed by atoms with Gasteiger partial charge in [-0.25, -0.2) is 4.68 Å². The Morgan fingerprint density at radius 1 is 1.37 bits per heavy atom. The van der Waals surface area contributed by atoms with Crippen LogP contribution in [0.1, 0.15) is 35.8 Å². The topological polar surface area (TPSA) is 78.0 Å². The van der Waals surface area contributed by atoms with E-state index in [1.54, 1.807) is 10.9 Å². The van der Waals surface area contributed by atoms with Crippen LogP contribution in [-0.4, -0.2) is 21.0 Å². The van der Waals surface area contributed by atoms with Gasteiger partial charge in [-0.15, -0.1) is 0 Å². The maximum Gasteiger partial charge on any atom is 0.270 e. The van der Waals surface area contributed by atoms with Crippen molar-refractivity contribution in [2.45, 2.75) is 19.8 Å². The third-order valence-electron chi connectivity index (χ3n) is 2.80. The molecule has 0 aliphatic rings. The molecule has 2 rings (SSSR count). The minimum absolute atomic E-state index is 0.109. The molecule has 0 aliphatic heterocycles. The summed E-state index contributed by atoms with van der Waals surface area (Å²) >= 11 is 0. The second-order valence-electron chi connectivity index (χ2n) is 4.46. The van der Waals surface area contributed by atoms with Crippen LogP contribution in [0.3, 0.4) is 0 Å². The Morgan fingerprint density at radius 3 is 2.63 bits per heavy atom. The number of aromatic nitrogens is 2. The first-order chi connectivity index (χ1) is 9.02. The van der Waals surface area contributed by atoms with Gasteiger partial charge in [-0.1, -0.05) is 13.8 Å². The number of carbonyl (C=O) groups excluding carboxylic acids is 1. The van der Waals surface area contributed by atoms with Gasteiger partial charge >= 0.3 is 0 Å². The van der Waals surface area contributed by atoms with Gasteiger partial charge in [-0.05, 0) is 18.1 Å². The van der Waals surface area contributed by atoms with Crippen molar-refractivity contribution in [3.8, 4) is 5.69 Å². The Labute approximate surface area is 109 Å². The summed E-state index contributed by atoms with van der Waals surface area (Å²) in [6.45, 7) is 4.03. The molecule has 19 heavy (non-hydrogen) atoms. The molecule has 1 aromatic carbocycles. The highest BCUT2D eigenvalue weighted by Gasteiger charge is 2.13. The van der Waals surface area contributed by atoms with Gasteiger partial charge < -0.3 is 0 Å². The number of carbonyl (C=O) groups is 1. The molecule has 98 valence electrons. The highest BCUT2D eigenvalue weighted by molar-refractivity contribution is 5.82. The number of non-ortho nitro benzene ring substituents is 1. The predicted molar refractivity (Wildman–Crippen MR) is 69.7 cm³/mol. The fourth-order valence-corrected chi connectivity index (χ4v) is 1.74. The molecule has 0 aliphatic carbocycles. The second kappa shape index (κ2) is 5.01. The van der Waals surface area contributed by atoms with Crippen LogP contribution < -0.4 is 0 Å². The van der Waals surface area contributed by atoms with Crippen molar-refractivity contribution < 1.29 is 9.72 Å². The number of nitro groups is 1.